The minimum absolute atomic E-state index is 0.250. The van der Waals surface area contributed by atoms with Gasteiger partial charge in [0.2, 0.25) is 0 Å². The average molecular weight is 1180 g/mol. The van der Waals surface area contributed by atoms with Crippen molar-refractivity contribution in [3.05, 3.63) is 267 Å². The monoisotopic (exact) mass is 1170 g/mol. The molecule has 1 saturated heterocycles. The third kappa shape index (κ3) is 24.1. The summed E-state index contributed by atoms with van der Waals surface area (Å²) in [5.74, 6) is 1.56. The molecule has 7 aromatic carbocycles. The van der Waals surface area contributed by atoms with Gasteiger partial charge in [-0.2, -0.15) is 38.4 Å². The van der Waals surface area contributed by atoms with Crippen LogP contribution in [0.15, 0.2) is 211 Å². The van der Waals surface area contributed by atoms with Gasteiger partial charge in [-0.1, -0.05) is 173 Å². The summed E-state index contributed by atoms with van der Waals surface area (Å²) in [7, 11) is -0.296. The second-order valence-electron chi connectivity index (χ2n) is 19.3. The fraction of sp³-hybridized carbons (Fsp3) is 0.194. The molecule has 14 nitrogen and oxygen atoms in total. The van der Waals surface area contributed by atoms with E-state index in [2.05, 4.69) is 243 Å². The van der Waals surface area contributed by atoms with E-state index in [4.69, 9.17) is 47.7 Å². The first-order valence-corrected chi connectivity index (χ1v) is 26.7. The Morgan fingerprint density at radius 2 is 0.723 bits per heavy atom. The lowest BCUT2D eigenvalue weighted by Crippen LogP contribution is -2.41. The van der Waals surface area contributed by atoms with Gasteiger partial charge in [0, 0.05) is 40.4 Å². The molecule has 10 rings (SSSR count). The number of halogens is 1. The first kappa shape index (κ1) is 68.0. The third-order valence-electron chi connectivity index (χ3n) is 13.0. The molecule has 0 atom stereocenters. The van der Waals surface area contributed by atoms with Crippen LogP contribution in [-0.2, 0) is 66.9 Å². The largest absolute Gasteiger partial charge is 0.494 e. The van der Waals surface area contributed by atoms with Crippen molar-refractivity contribution < 1.29 is 47.7 Å². The fourth-order valence-corrected chi connectivity index (χ4v) is 8.29. The molecule has 0 N–H and O–H groups in total. The van der Waals surface area contributed by atoms with E-state index in [1.807, 2.05) is 30.3 Å². The van der Waals surface area contributed by atoms with Gasteiger partial charge in [-0.05, 0) is 161 Å². The standard InChI is InChI=1S/C20H25BO2.C18H16N2.C14H13Br.C11H10N2.4CO2/c1-15-11-12-18(21-22-19(2,3)20(4,5)23-21)14-17(15)13-16-9-7-6-8-10-16;1-14-8-9-16(18-19-10-5-11-20-18)13-17(14)12-15-6-3-2-4-7-15;1-11-7-8-14(15)10-13(11)9-12-5-3-2-4-6-12;1-9-3-5-10(6-4-9)11-12-7-2-8-13-11;4*2-1-3/h6-12,14H,13H2,1-5H3;2-11,13H,12H2,1H3;2-8,10H,9H2,1H3;2-8H,1H3;;;;. The fourth-order valence-electron chi connectivity index (χ4n) is 7.89. The highest BCUT2D eigenvalue weighted by atomic mass is 79.9. The Labute approximate surface area is 493 Å². The van der Waals surface area contributed by atoms with E-state index in [-0.39, 0.29) is 42.9 Å². The summed E-state index contributed by atoms with van der Waals surface area (Å²) in [5, 5.41) is 0. The molecule has 1 aliphatic rings. The molecule has 1 aliphatic heterocycles. The van der Waals surface area contributed by atoms with Crippen molar-refractivity contribution in [2.45, 2.75) is 85.9 Å². The van der Waals surface area contributed by atoms with Crippen molar-refractivity contribution in [1.82, 2.24) is 19.9 Å². The molecule has 1 fully saturated rings. The number of benzene rings is 7. The summed E-state index contributed by atoms with van der Waals surface area (Å²) in [5.41, 5.74) is 15.9. The molecule has 0 saturated carbocycles. The molecule has 3 heterocycles. The number of nitrogens with zero attached hydrogens (tertiary/aromatic N) is 4. The molecule has 0 radical (unpaired) electrons. The molecular formula is C67H64BBrN4O10. The smallest absolute Gasteiger partial charge is 0.399 e. The summed E-state index contributed by atoms with van der Waals surface area (Å²) in [6.45, 7) is 16.9. The van der Waals surface area contributed by atoms with E-state index in [0.717, 1.165) is 52.0 Å². The molecule has 0 unspecified atom stereocenters. The van der Waals surface area contributed by atoms with Crippen LogP contribution in [0, 0.1) is 27.7 Å². The van der Waals surface area contributed by atoms with Crippen molar-refractivity contribution in [2.24, 2.45) is 0 Å². The van der Waals surface area contributed by atoms with Gasteiger partial charge >= 0.3 is 31.7 Å². The maximum atomic E-state index is 8.12. The van der Waals surface area contributed by atoms with Crippen molar-refractivity contribution in [3.63, 3.8) is 0 Å². The maximum Gasteiger partial charge on any atom is 0.494 e. The molecule has 83 heavy (non-hydrogen) atoms. The molecular weight excluding hydrogens is 1110 g/mol. The average Bonchev–Trinajstić information content (AvgIpc) is 3.88. The Hall–Kier alpha value is -9.32. The van der Waals surface area contributed by atoms with Gasteiger partial charge in [-0.3, -0.25) is 0 Å². The van der Waals surface area contributed by atoms with Gasteiger partial charge in [0.15, 0.2) is 11.6 Å². The summed E-state index contributed by atoms with van der Waals surface area (Å²) < 4.78 is 13.5. The van der Waals surface area contributed by atoms with E-state index in [1.54, 1.807) is 24.8 Å². The highest BCUT2D eigenvalue weighted by Crippen LogP contribution is 2.36. The number of hydrogen-bond acceptors (Lipinski definition) is 14. The van der Waals surface area contributed by atoms with Gasteiger partial charge < -0.3 is 9.31 Å². The lowest BCUT2D eigenvalue weighted by molar-refractivity contribution is -0.193. The van der Waals surface area contributed by atoms with E-state index in [1.165, 1.54) is 55.6 Å². The molecule has 422 valence electrons. The Kier molecular flexibility index (Phi) is 30.2. The molecule has 0 amide bonds. The van der Waals surface area contributed by atoms with Gasteiger partial charge in [0.05, 0.1) is 11.2 Å². The second kappa shape index (κ2) is 36.8. The zero-order valence-corrected chi connectivity index (χ0v) is 49.2. The van der Waals surface area contributed by atoms with Crippen LogP contribution >= 0.6 is 15.9 Å². The lowest BCUT2D eigenvalue weighted by atomic mass is 9.77. The second-order valence-corrected chi connectivity index (χ2v) is 20.2. The number of rotatable bonds is 9. The lowest BCUT2D eigenvalue weighted by Gasteiger charge is -2.32. The van der Waals surface area contributed by atoms with Crippen LogP contribution in [0.25, 0.3) is 22.8 Å². The summed E-state index contributed by atoms with van der Waals surface area (Å²) >= 11 is 3.51. The quantitative estimate of drug-likeness (QED) is 0.123. The molecule has 0 spiro atoms. The van der Waals surface area contributed by atoms with E-state index >= 15 is 0 Å². The predicted molar refractivity (Wildman–Crippen MR) is 318 cm³/mol. The minimum Gasteiger partial charge on any atom is -0.399 e. The van der Waals surface area contributed by atoms with E-state index in [9.17, 15) is 0 Å². The van der Waals surface area contributed by atoms with Gasteiger partial charge in [-0.15, -0.1) is 0 Å². The highest BCUT2D eigenvalue weighted by molar-refractivity contribution is 9.10. The topological polar surface area (TPSA) is 207 Å². The molecule has 16 heteroatoms. The number of carbonyl (C=O) groups excluding carboxylic acids is 8. The molecule has 0 aliphatic carbocycles. The first-order valence-electron chi connectivity index (χ1n) is 25.9. The van der Waals surface area contributed by atoms with Crippen LogP contribution in [0.4, 0.5) is 0 Å². The minimum atomic E-state index is -0.303. The maximum absolute atomic E-state index is 8.12. The van der Waals surface area contributed by atoms with Gasteiger partial charge in [0.1, 0.15) is 0 Å². The van der Waals surface area contributed by atoms with Crippen LogP contribution in [0.2, 0.25) is 0 Å². The SMILES string of the molecule is Cc1ccc(-c2ncccn2)cc1.Cc1ccc(-c2ncccn2)cc1Cc1ccccc1.Cc1ccc(B2OC(C)(C)C(C)(C)O2)cc1Cc1ccccc1.Cc1ccc(Br)cc1Cc1ccccc1.O=C=O.O=C=O.O=C=O.O=C=O. The van der Waals surface area contributed by atoms with E-state index < -0.39 is 0 Å². The van der Waals surface area contributed by atoms with Gasteiger partial charge in [-0.25, -0.2) is 19.9 Å². The number of aromatic nitrogens is 4. The van der Waals surface area contributed by atoms with Crippen molar-refractivity contribution >= 4 is 53.1 Å². The van der Waals surface area contributed by atoms with Crippen molar-refractivity contribution in [2.75, 3.05) is 0 Å². The van der Waals surface area contributed by atoms with Crippen LogP contribution in [0.3, 0.4) is 0 Å². The van der Waals surface area contributed by atoms with Crippen molar-refractivity contribution in [1.29, 1.82) is 0 Å². The zero-order valence-electron chi connectivity index (χ0n) is 47.6. The Morgan fingerprint density at radius 1 is 0.398 bits per heavy atom. The third-order valence-corrected chi connectivity index (χ3v) is 13.5. The zero-order chi connectivity index (χ0) is 61.0. The number of hydrogen-bond donors (Lipinski definition) is 0. The Morgan fingerprint density at radius 3 is 1.12 bits per heavy atom. The Bertz CT molecular complexity index is 3420. The van der Waals surface area contributed by atoms with Crippen LogP contribution in [-0.4, -0.2) is 62.9 Å². The predicted octanol–water partition coefficient (Wildman–Crippen LogP) is 12.4. The normalized spacial score (nSPS) is 11.6. The number of aryl methyl sites for hydroxylation is 4. The molecule has 2 aromatic heterocycles. The molecule has 9 aromatic rings. The highest BCUT2D eigenvalue weighted by Gasteiger charge is 2.51. The Balaban J connectivity index is 0.000000276. The van der Waals surface area contributed by atoms with Crippen LogP contribution < -0.4 is 5.46 Å². The van der Waals surface area contributed by atoms with Gasteiger partial charge in [0.25, 0.3) is 0 Å². The first-order chi connectivity index (χ1) is 39.9. The summed E-state index contributed by atoms with van der Waals surface area (Å²) in [4.78, 5) is 82.0. The molecule has 0 bridgehead atoms. The summed E-state index contributed by atoms with van der Waals surface area (Å²) in [6, 6.07) is 62.8. The summed E-state index contributed by atoms with van der Waals surface area (Å²) in [6.07, 6.45) is 10.9. The van der Waals surface area contributed by atoms with Crippen LogP contribution in [0.1, 0.15) is 83.3 Å². The van der Waals surface area contributed by atoms with Crippen LogP contribution in [0.5, 0.6) is 0 Å². The van der Waals surface area contributed by atoms with Crippen molar-refractivity contribution in [3.8, 4) is 22.8 Å². The van der Waals surface area contributed by atoms with E-state index in [0.29, 0.717) is 0 Å².